The molecule has 40 heavy (non-hydrogen) atoms. The van der Waals surface area contributed by atoms with Gasteiger partial charge in [0.25, 0.3) is 0 Å². The second-order valence-corrected chi connectivity index (χ2v) is 9.52. The summed E-state index contributed by atoms with van der Waals surface area (Å²) >= 11 is 0. The number of carboxylic acid groups (broad SMARTS) is 1. The Bertz CT molecular complexity index is 810. The summed E-state index contributed by atoms with van der Waals surface area (Å²) in [6.07, 6.45) is 10.1. The van der Waals surface area contributed by atoms with Crippen molar-refractivity contribution < 1.29 is 25.7 Å². The highest BCUT2D eigenvalue weighted by molar-refractivity contribution is 8.05. The summed E-state index contributed by atoms with van der Waals surface area (Å²) in [5, 5.41) is 16.0. The highest BCUT2D eigenvalue weighted by Gasteiger charge is 2.40. The van der Waals surface area contributed by atoms with E-state index < -0.39 is 43.8 Å². The third-order valence-electron chi connectivity index (χ3n) is 6.55. The van der Waals surface area contributed by atoms with E-state index in [0.29, 0.717) is 0 Å². The molecule has 13 radical (unpaired) electrons. The fourth-order valence-electron chi connectivity index (χ4n) is 4.45. The number of hydrogen-bond acceptors (Lipinski definition) is 5. The van der Waals surface area contributed by atoms with Crippen molar-refractivity contribution >= 4 is 109 Å². The summed E-state index contributed by atoms with van der Waals surface area (Å²) < 4.78 is 5.74. The zero-order valence-electron chi connectivity index (χ0n) is 24.4. The zero-order chi connectivity index (χ0) is 32.0. The van der Waals surface area contributed by atoms with Gasteiger partial charge in [-0.05, 0) is 25.7 Å². The molecule has 195 valence electrons. The van der Waals surface area contributed by atoms with Crippen molar-refractivity contribution in [2.24, 2.45) is 17.6 Å². The first-order chi connectivity index (χ1) is 19.3. The predicted molar refractivity (Wildman–Crippen MR) is 175 cm³/mol. The molecule has 0 saturated heterocycles. The molecule has 0 spiro atoms. The van der Waals surface area contributed by atoms with Gasteiger partial charge in [-0.15, -0.1) is 12.8 Å². The van der Waals surface area contributed by atoms with E-state index in [2.05, 4.69) is 22.4 Å². The SMILES string of the molecule is CC(=O)NCN.O=C(O)C1CCCC1.[2H]C#C.[B][B]B([B])B(B(B([B])[B])B([B])[B])C(=O)NCNC(=O)C1CCCC1. The summed E-state index contributed by atoms with van der Waals surface area (Å²) in [5.74, 6) is -1.24. The molecule has 2 aliphatic rings. The molecule has 0 aromatic rings. The molecule has 21 heteroatoms. The van der Waals surface area contributed by atoms with Crippen LogP contribution in [0.4, 0.5) is 4.79 Å². The third-order valence-corrected chi connectivity index (χ3v) is 6.55. The van der Waals surface area contributed by atoms with Crippen molar-refractivity contribution in [1.82, 2.24) is 16.0 Å². The van der Waals surface area contributed by atoms with Gasteiger partial charge in [-0.25, -0.2) is 0 Å². The molecule has 2 saturated carbocycles. The normalized spacial score (nSPS) is 13.9. The van der Waals surface area contributed by atoms with Gasteiger partial charge in [0.2, 0.25) is 11.8 Å². The first-order valence-corrected chi connectivity index (χ1v) is 13.2. The van der Waals surface area contributed by atoms with Crippen LogP contribution < -0.4 is 21.7 Å². The van der Waals surface area contributed by atoms with Crippen molar-refractivity contribution in [2.75, 3.05) is 13.3 Å². The average Bonchev–Trinajstić information content (AvgIpc) is 3.62. The second kappa shape index (κ2) is 23.8. The molecule has 0 atom stereocenters. The van der Waals surface area contributed by atoms with Gasteiger partial charge in [-0.2, -0.15) is 0 Å². The Balaban J connectivity index is 0. The van der Waals surface area contributed by atoms with Crippen LogP contribution in [0.2, 0.25) is 0 Å². The minimum Gasteiger partial charge on any atom is -0.481 e. The first kappa shape index (κ1) is 38.2. The van der Waals surface area contributed by atoms with Crippen LogP contribution in [0.3, 0.4) is 0 Å². The van der Waals surface area contributed by atoms with Gasteiger partial charge in [-0.3, -0.25) is 19.2 Å². The number of amides is 3. The molecule has 0 bridgehead atoms. The number of nitrogens with two attached hydrogens (primary N) is 1. The van der Waals surface area contributed by atoms with Crippen molar-refractivity contribution in [1.29, 1.82) is 0 Å². The lowest BCUT2D eigenvalue weighted by Gasteiger charge is -2.31. The number of rotatable bonds is 11. The van der Waals surface area contributed by atoms with E-state index in [1.165, 1.54) is 20.4 Å². The maximum absolute atomic E-state index is 12.5. The largest absolute Gasteiger partial charge is 0.481 e. The van der Waals surface area contributed by atoms with E-state index in [1.54, 1.807) is 0 Å². The predicted octanol–water partition coefficient (Wildman–Crippen LogP) is -3.51. The monoisotopic (exact) mass is 530 g/mol. The number of hydrogen-bond donors (Lipinski definition) is 5. The van der Waals surface area contributed by atoms with Crippen LogP contribution in [-0.4, -0.2) is 128 Å². The summed E-state index contributed by atoms with van der Waals surface area (Å²) in [6, 6.07) is 0. The van der Waals surface area contributed by atoms with Crippen molar-refractivity contribution in [3.8, 4) is 12.8 Å². The molecule has 0 unspecified atom stereocenters. The number of carboxylic acids is 1. The third kappa shape index (κ3) is 17.1. The summed E-state index contributed by atoms with van der Waals surface area (Å²) in [5.41, 5.74) is 4.90. The van der Waals surface area contributed by atoms with E-state index in [9.17, 15) is 19.2 Å². The number of nitrogens with one attached hydrogen (secondary N) is 3. The zero-order valence-corrected chi connectivity index (χ0v) is 23.4. The lowest BCUT2D eigenvalue weighted by atomic mass is 8.54. The molecular formula is C19H33B12N4O5. The summed E-state index contributed by atoms with van der Waals surface area (Å²) in [4.78, 5) is 44.5. The van der Waals surface area contributed by atoms with Gasteiger partial charge in [0, 0.05) is 91.9 Å². The average molecular weight is 528 g/mol. The fraction of sp³-hybridized carbons (Fsp3) is 0.684. The highest BCUT2D eigenvalue weighted by atomic mass is 16.4. The fourth-order valence-corrected chi connectivity index (χ4v) is 4.45. The molecule has 0 aromatic carbocycles. The Hall–Kier alpha value is -1.82. The Labute approximate surface area is 252 Å². The topological polar surface area (TPSA) is 151 Å². The smallest absolute Gasteiger partial charge is 0.306 e. The molecule has 2 fully saturated rings. The summed E-state index contributed by atoms with van der Waals surface area (Å²) in [7, 11) is 35.2. The molecule has 0 heterocycles. The van der Waals surface area contributed by atoms with Crippen LogP contribution in [0.25, 0.3) is 0 Å². The van der Waals surface area contributed by atoms with Gasteiger partial charge in [0.1, 0.15) is 1.37 Å². The van der Waals surface area contributed by atoms with E-state index in [0.717, 1.165) is 51.4 Å². The van der Waals surface area contributed by atoms with E-state index in [1.807, 2.05) is 0 Å². The molecule has 6 N–H and O–H groups in total. The Morgan fingerprint density at radius 3 is 1.70 bits per heavy atom. The number of aliphatic carboxylic acids is 1. The Kier molecular flexibility index (Phi) is 22.8. The first-order valence-electron chi connectivity index (χ1n) is 13.7. The van der Waals surface area contributed by atoms with Gasteiger partial charge in [0.05, 0.1) is 19.3 Å². The quantitative estimate of drug-likeness (QED) is 0.107. The molecular weight excluding hydrogens is 494 g/mol. The van der Waals surface area contributed by atoms with Gasteiger partial charge < -0.3 is 26.8 Å². The Morgan fingerprint density at radius 2 is 1.40 bits per heavy atom. The van der Waals surface area contributed by atoms with Crippen molar-refractivity contribution in [3.05, 3.63) is 0 Å². The van der Waals surface area contributed by atoms with Crippen LogP contribution in [0.1, 0.15) is 59.7 Å². The maximum atomic E-state index is 12.5. The number of carbonyl (C=O) groups excluding carboxylic acids is 3. The summed E-state index contributed by atoms with van der Waals surface area (Å²) in [6.45, 7) is 0.731. The van der Waals surface area contributed by atoms with Crippen LogP contribution >= 0.6 is 0 Å². The highest BCUT2D eigenvalue weighted by Crippen LogP contribution is 2.25. The molecule has 0 aliphatic heterocycles. The Morgan fingerprint density at radius 1 is 0.950 bits per heavy atom. The van der Waals surface area contributed by atoms with Crippen LogP contribution in [0, 0.1) is 24.7 Å². The van der Waals surface area contributed by atoms with Crippen LogP contribution in [-0.2, 0) is 14.4 Å². The number of carbonyl (C=O) groups is 4. The molecule has 2 aliphatic carbocycles. The lowest BCUT2D eigenvalue weighted by molar-refractivity contribution is -0.141. The van der Waals surface area contributed by atoms with E-state index >= 15 is 0 Å². The standard InChI is InChI=1S/C8H13B12N2O2.C6H10O2.C3H8N2O.C2H2/c9-15-19(14)16(20(17(10)11)18(12)13)8(24)22-5-21-7(23)6-3-1-2-4-6;7-6(8)5-3-1-2-4-5;1-3(6)5-2-4;1-2/h6H,1-5H2,(H,21,23)(H,22,24);5H,1-4H2,(H,7,8);2,4H2,1H3,(H,5,6);1-2H/i;;;1D. The molecule has 0 aromatic heterocycles. The number of terminal acetylenes is 1. The maximum Gasteiger partial charge on any atom is 0.306 e. The van der Waals surface area contributed by atoms with E-state index in [4.69, 9.17) is 58.6 Å². The molecule has 3 amide bonds. The van der Waals surface area contributed by atoms with E-state index in [-0.39, 0.29) is 37.0 Å². The lowest BCUT2D eigenvalue weighted by Crippen LogP contribution is -2.72. The molecule has 9 nitrogen and oxygen atoms in total. The van der Waals surface area contributed by atoms with Crippen molar-refractivity contribution in [2.45, 2.75) is 58.3 Å². The molecule has 2 rings (SSSR count). The van der Waals surface area contributed by atoms with Crippen LogP contribution in [0.5, 0.6) is 0 Å². The minimum absolute atomic E-state index is 0.0139. The van der Waals surface area contributed by atoms with Gasteiger partial charge in [-0.1, -0.05) is 25.7 Å². The van der Waals surface area contributed by atoms with Crippen LogP contribution in [0.15, 0.2) is 0 Å². The van der Waals surface area contributed by atoms with Gasteiger partial charge >= 0.3 is 5.97 Å². The van der Waals surface area contributed by atoms with Gasteiger partial charge in [0.15, 0.2) is 12.3 Å². The second-order valence-electron chi connectivity index (χ2n) is 9.52. The van der Waals surface area contributed by atoms with Crippen molar-refractivity contribution in [3.63, 3.8) is 0 Å². The minimum atomic E-state index is -0.945.